The first kappa shape index (κ1) is 26.0. The molecule has 9 heteroatoms. The van der Waals surface area contributed by atoms with Gasteiger partial charge in [0.2, 0.25) is 0 Å². The number of amides is 2. The Morgan fingerprint density at radius 2 is 1.68 bits per heavy atom. The van der Waals surface area contributed by atoms with E-state index >= 15 is 0 Å². The van der Waals surface area contributed by atoms with Crippen LogP contribution in [0.5, 0.6) is 11.5 Å². The molecule has 2 amide bonds. The highest BCUT2D eigenvalue weighted by Crippen LogP contribution is 2.55. The smallest absolute Gasteiger partial charge is 0.280 e. The number of anilines is 2. The fourth-order valence-electron chi connectivity index (χ4n) is 6.03. The number of fused-ring (bicyclic) bond motifs is 4. The first-order valence-corrected chi connectivity index (χ1v) is 13.4. The third kappa shape index (κ3) is 3.35. The van der Waals surface area contributed by atoms with Crippen LogP contribution in [-0.4, -0.2) is 35.6 Å². The molecule has 0 radical (unpaired) electrons. The normalized spacial score (nSPS) is 17.4. The molecule has 2 aliphatic rings. The Bertz CT molecular complexity index is 1700. The summed E-state index contributed by atoms with van der Waals surface area (Å²) in [5.41, 5.74) is 3.45. The van der Waals surface area contributed by atoms with Gasteiger partial charge in [0.1, 0.15) is 22.9 Å². The summed E-state index contributed by atoms with van der Waals surface area (Å²) in [4.78, 5) is 35.4. The van der Waals surface area contributed by atoms with Gasteiger partial charge in [-0.2, -0.15) is 0 Å². The zero-order chi connectivity index (χ0) is 28.5. The second-order valence-electron chi connectivity index (χ2n) is 10.4. The van der Waals surface area contributed by atoms with Gasteiger partial charge in [-0.05, 0) is 69.2 Å². The Kier molecular flexibility index (Phi) is 5.92. The van der Waals surface area contributed by atoms with Crippen molar-refractivity contribution in [2.75, 3.05) is 24.4 Å². The molecular formula is C31H29ClN4O4. The van der Waals surface area contributed by atoms with Gasteiger partial charge in [-0.25, -0.2) is 4.98 Å². The number of ether oxygens (including phenoxy) is 2. The second-order valence-corrected chi connectivity index (χ2v) is 10.9. The number of aryl methyl sites for hydroxylation is 2. The van der Waals surface area contributed by atoms with E-state index in [1.54, 1.807) is 31.3 Å². The number of hydrogen-bond acceptors (Lipinski definition) is 5. The molecule has 1 aromatic heterocycles. The first-order chi connectivity index (χ1) is 19.1. The van der Waals surface area contributed by atoms with Crippen molar-refractivity contribution in [3.8, 4) is 22.9 Å². The van der Waals surface area contributed by atoms with Crippen LogP contribution in [0.2, 0.25) is 5.02 Å². The van der Waals surface area contributed by atoms with Gasteiger partial charge in [-0.1, -0.05) is 35.9 Å². The van der Waals surface area contributed by atoms with Crippen LogP contribution in [0.25, 0.3) is 11.4 Å². The largest absolute Gasteiger partial charge is 0.496 e. The van der Waals surface area contributed by atoms with Crippen molar-refractivity contribution in [2.45, 2.75) is 39.3 Å². The lowest BCUT2D eigenvalue weighted by Crippen LogP contribution is -2.51. The fraction of sp³-hybridized carbons (Fsp3) is 0.258. The van der Waals surface area contributed by atoms with Crippen LogP contribution in [0.15, 0.2) is 54.6 Å². The molecule has 6 rings (SSSR count). The summed E-state index contributed by atoms with van der Waals surface area (Å²) < 4.78 is 13.4. The Hall–Kier alpha value is -4.30. The molecule has 1 atom stereocenters. The van der Waals surface area contributed by atoms with E-state index in [0.29, 0.717) is 50.5 Å². The molecule has 1 N–H and O–H groups in total. The number of nitrogens with zero attached hydrogens (tertiary/aromatic N) is 3. The number of carbonyl (C=O) groups is 2. The van der Waals surface area contributed by atoms with E-state index in [1.165, 1.54) is 0 Å². The highest BCUT2D eigenvalue weighted by molar-refractivity contribution is 6.31. The number of nitrogens with one attached hydrogen (secondary N) is 1. The van der Waals surface area contributed by atoms with Crippen molar-refractivity contribution in [3.63, 3.8) is 0 Å². The maximum atomic E-state index is 14.5. The van der Waals surface area contributed by atoms with Crippen molar-refractivity contribution in [1.82, 2.24) is 9.55 Å². The molecule has 1 unspecified atom stereocenters. The molecule has 0 fully saturated rings. The summed E-state index contributed by atoms with van der Waals surface area (Å²) in [6, 6.07) is 16.4. The van der Waals surface area contributed by atoms with Crippen LogP contribution in [0.4, 0.5) is 11.4 Å². The Balaban J connectivity index is 1.76. The highest BCUT2D eigenvalue weighted by Gasteiger charge is 2.64. The van der Waals surface area contributed by atoms with E-state index < -0.39 is 11.4 Å². The number of aromatic nitrogens is 2. The second kappa shape index (κ2) is 9.13. The summed E-state index contributed by atoms with van der Waals surface area (Å²) in [6.07, 6.45) is 0. The van der Waals surface area contributed by atoms with E-state index in [0.717, 1.165) is 11.1 Å². The number of benzene rings is 3. The topological polar surface area (TPSA) is 85.7 Å². The predicted octanol–water partition coefficient (Wildman–Crippen LogP) is 6.27. The zero-order valence-corrected chi connectivity index (χ0v) is 23.9. The van der Waals surface area contributed by atoms with Gasteiger partial charge in [0, 0.05) is 22.3 Å². The highest BCUT2D eigenvalue weighted by atomic mass is 35.5. The maximum absolute atomic E-state index is 14.5. The molecule has 3 aromatic carbocycles. The lowest BCUT2D eigenvalue weighted by atomic mass is 9.86. The average Bonchev–Trinajstić information content (AvgIpc) is 3.53. The van der Waals surface area contributed by atoms with Gasteiger partial charge in [0.05, 0.1) is 25.6 Å². The van der Waals surface area contributed by atoms with Crippen molar-refractivity contribution < 1.29 is 19.1 Å². The third-order valence-corrected chi connectivity index (χ3v) is 7.95. The lowest BCUT2D eigenvalue weighted by Gasteiger charge is -2.36. The van der Waals surface area contributed by atoms with Crippen LogP contribution < -0.4 is 19.7 Å². The SMILES string of the molecule is COc1cccc(OC)c1-c1nc2c(n1C(C)C)C1(C(=O)Nc3cc(C)ccc31)N(c1cc(Cl)ccc1C)C2=O. The van der Waals surface area contributed by atoms with E-state index in [1.807, 2.05) is 74.7 Å². The first-order valence-electron chi connectivity index (χ1n) is 13.0. The molecule has 2 aliphatic heterocycles. The zero-order valence-electron chi connectivity index (χ0n) is 23.1. The van der Waals surface area contributed by atoms with E-state index in [9.17, 15) is 9.59 Å². The summed E-state index contributed by atoms with van der Waals surface area (Å²) in [6.45, 7) is 7.86. The Morgan fingerprint density at radius 3 is 2.33 bits per heavy atom. The van der Waals surface area contributed by atoms with E-state index in [4.69, 9.17) is 26.1 Å². The van der Waals surface area contributed by atoms with Crippen LogP contribution in [0, 0.1) is 13.8 Å². The molecule has 1 spiro atoms. The van der Waals surface area contributed by atoms with Gasteiger partial charge in [-0.3, -0.25) is 14.5 Å². The summed E-state index contributed by atoms with van der Waals surface area (Å²) in [5.74, 6) is 0.845. The van der Waals surface area contributed by atoms with Gasteiger partial charge in [0.25, 0.3) is 11.8 Å². The van der Waals surface area contributed by atoms with Crippen LogP contribution >= 0.6 is 11.6 Å². The quantitative estimate of drug-likeness (QED) is 0.313. The molecule has 0 aliphatic carbocycles. The lowest BCUT2D eigenvalue weighted by molar-refractivity contribution is -0.119. The maximum Gasteiger partial charge on any atom is 0.280 e. The molecular weight excluding hydrogens is 528 g/mol. The minimum atomic E-state index is -1.52. The van der Waals surface area contributed by atoms with Crippen molar-refractivity contribution in [3.05, 3.63) is 87.7 Å². The standard InChI is InChI=1S/C31H29ClN4O4/c1-16(2)35-27-26(34-28(35)25-23(39-5)8-7-9-24(25)40-6)29(37)36(22-15-19(32)12-11-18(22)4)31(27)20-13-10-17(3)14-21(20)33-30(31)38/h7-16H,1-6H3,(H,33,38). The monoisotopic (exact) mass is 556 g/mol. The van der Waals surface area contributed by atoms with Crippen molar-refractivity contribution >= 4 is 34.8 Å². The van der Waals surface area contributed by atoms with Crippen LogP contribution in [-0.2, 0) is 10.3 Å². The number of methoxy groups -OCH3 is 2. The third-order valence-electron chi connectivity index (χ3n) is 7.72. The van der Waals surface area contributed by atoms with Crippen molar-refractivity contribution in [1.29, 1.82) is 0 Å². The molecule has 3 heterocycles. The minimum Gasteiger partial charge on any atom is -0.496 e. The number of halogens is 1. The molecule has 0 saturated heterocycles. The number of imidazole rings is 1. The van der Waals surface area contributed by atoms with E-state index in [2.05, 4.69) is 5.32 Å². The fourth-order valence-corrected chi connectivity index (χ4v) is 6.19. The minimum absolute atomic E-state index is 0.187. The number of hydrogen-bond donors (Lipinski definition) is 1. The van der Waals surface area contributed by atoms with Crippen LogP contribution in [0.3, 0.4) is 0 Å². The summed E-state index contributed by atoms with van der Waals surface area (Å²) >= 11 is 6.45. The molecule has 4 aromatic rings. The van der Waals surface area contributed by atoms with Gasteiger partial charge >= 0.3 is 0 Å². The molecule has 8 nitrogen and oxygen atoms in total. The molecule has 0 saturated carbocycles. The Morgan fingerprint density at radius 1 is 0.975 bits per heavy atom. The van der Waals surface area contributed by atoms with Gasteiger partial charge < -0.3 is 19.4 Å². The average molecular weight is 557 g/mol. The molecule has 204 valence electrons. The van der Waals surface area contributed by atoms with Gasteiger partial charge in [-0.15, -0.1) is 0 Å². The number of carbonyl (C=O) groups excluding carboxylic acids is 2. The van der Waals surface area contributed by atoms with Crippen LogP contribution in [0.1, 0.15) is 52.8 Å². The van der Waals surface area contributed by atoms with E-state index in [-0.39, 0.29) is 17.6 Å². The molecule has 40 heavy (non-hydrogen) atoms. The Labute approximate surface area is 237 Å². The van der Waals surface area contributed by atoms with Gasteiger partial charge in [0.15, 0.2) is 11.2 Å². The van der Waals surface area contributed by atoms with Crippen molar-refractivity contribution in [2.24, 2.45) is 0 Å². The predicted molar refractivity (Wildman–Crippen MR) is 155 cm³/mol. The summed E-state index contributed by atoms with van der Waals surface area (Å²) in [7, 11) is 3.15. The number of rotatable bonds is 5. The molecule has 0 bridgehead atoms. The summed E-state index contributed by atoms with van der Waals surface area (Å²) in [5, 5.41) is 3.53.